The summed E-state index contributed by atoms with van der Waals surface area (Å²) in [6.45, 7) is 1.66. The summed E-state index contributed by atoms with van der Waals surface area (Å²) in [7, 11) is 0. The lowest BCUT2D eigenvalue weighted by atomic mass is 10.0. The molecule has 0 aromatic heterocycles. The van der Waals surface area contributed by atoms with Crippen LogP contribution in [0.4, 0.5) is 0 Å². The van der Waals surface area contributed by atoms with Crippen molar-refractivity contribution in [1.82, 2.24) is 0 Å². The first-order chi connectivity index (χ1) is 6.09. The van der Waals surface area contributed by atoms with Gasteiger partial charge < -0.3 is 15.9 Å². The van der Waals surface area contributed by atoms with Gasteiger partial charge in [-0.15, -0.1) is 0 Å². The molecule has 3 heteroatoms. The number of aromatic hydroxyl groups is 1. The Kier molecular flexibility index (Phi) is 3.28. The fourth-order valence-electron chi connectivity index (χ4n) is 1.13. The Morgan fingerprint density at radius 2 is 2.15 bits per heavy atom. The molecule has 0 saturated carbocycles. The maximum Gasteiger partial charge on any atom is 0.115 e. The topological polar surface area (TPSA) is 66.5 Å². The maximum absolute atomic E-state index is 9.16. The number of aliphatic hydroxyl groups is 1. The first-order valence-corrected chi connectivity index (χ1v) is 4.31. The minimum absolute atomic E-state index is 0.232. The second-order valence-corrected chi connectivity index (χ2v) is 3.28. The van der Waals surface area contributed by atoms with E-state index in [0.717, 1.165) is 5.56 Å². The van der Waals surface area contributed by atoms with Gasteiger partial charge in [0, 0.05) is 6.04 Å². The van der Waals surface area contributed by atoms with Crippen molar-refractivity contribution in [3.8, 4) is 5.75 Å². The number of rotatable bonds is 3. The summed E-state index contributed by atoms with van der Waals surface area (Å²) in [4.78, 5) is 0. The average Bonchev–Trinajstić information content (AvgIpc) is 2.04. The number of hydrogen-bond acceptors (Lipinski definition) is 3. The molecule has 72 valence electrons. The summed E-state index contributed by atoms with van der Waals surface area (Å²) in [6.07, 6.45) is 0.0499. The van der Waals surface area contributed by atoms with E-state index in [2.05, 4.69) is 0 Å². The molecule has 1 rings (SSSR count). The number of benzene rings is 1. The smallest absolute Gasteiger partial charge is 0.115 e. The molecular formula is C10H15NO2. The Bertz CT molecular complexity index is 273. The zero-order valence-electron chi connectivity index (χ0n) is 7.64. The van der Waals surface area contributed by atoms with Gasteiger partial charge in [0.05, 0.1) is 6.10 Å². The molecule has 0 aliphatic carbocycles. The van der Waals surface area contributed by atoms with E-state index in [0.29, 0.717) is 6.42 Å². The third-order valence-electron chi connectivity index (χ3n) is 2.00. The van der Waals surface area contributed by atoms with Crippen molar-refractivity contribution < 1.29 is 10.2 Å². The highest BCUT2D eigenvalue weighted by Gasteiger charge is 2.09. The maximum atomic E-state index is 9.16. The van der Waals surface area contributed by atoms with Gasteiger partial charge >= 0.3 is 0 Å². The monoisotopic (exact) mass is 181 g/mol. The normalized spacial score (nSPS) is 15.3. The molecule has 2 unspecified atom stereocenters. The van der Waals surface area contributed by atoms with Crippen LogP contribution in [0.5, 0.6) is 5.75 Å². The van der Waals surface area contributed by atoms with Crippen molar-refractivity contribution in [2.45, 2.75) is 25.5 Å². The SMILES string of the molecule is CC(O)C(N)Cc1cccc(O)c1. The summed E-state index contributed by atoms with van der Waals surface area (Å²) in [6, 6.07) is 6.63. The zero-order valence-corrected chi connectivity index (χ0v) is 7.64. The van der Waals surface area contributed by atoms with Crippen molar-refractivity contribution >= 4 is 0 Å². The lowest BCUT2D eigenvalue weighted by molar-refractivity contribution is 0.163. The summed E-state index contributed by atoms with van der Waals surface area (Å²) < 4.78 is 0. The van der Waals surface area contributed by atoms with E-state index in [4.69, 9.17) is 15.9 Å². The molecule has 0 heterocycles. The van der Waals surface area contributed by atoms with Crippen molar-refractivity contribution in [3.63, 3.8) is 0 Å². The first kappa shape index (κ1) is 10.0. The minimum Gasteiger partial charge on any atom is -0.508 e. The van der Waals surface area contributed by atoms with Gasteiger partial charge in [-0.3, -0.25) is 0 Å². The van der Waals surface area contributed by atoms with Gasteiger partial charge in [0.2, 0.25) is 0 Å². The molecule has 0 spiro atoms. The van der Waals surface area contributed by atoms with E-state index in [-0.39, 0.29) is 11.8 Å². The molecule has 4 N–H and O–H groups in total. The van der Waals surface area contributed by atoms with Crippen molar-refractivity contribution in [2.75, 3.05) is 0 Å². The van der Waals surface area contributed by atoms with Crippen LogP contribution in [0.2, 0.25) is 0 Å². The second kappa shape index (κ2) is 4.25. The Morgan fingerprint density at radius 1 is 1.46 bits per heavy atom. The van der Waals surface area contributed by atoms with Gasteiger partial charge in [-0.05, 0) is 31.0 Å². The van der Waals surface area contributed by atoms with E-state index in [1.807, 2.05) is 6.07 Å². The molecule has 13 heavy (non-hydrogen) atoms. The van der Waals surface area contributed by atoms with Gasteiger partial charge in [0.15, 0.2) is 0 Å². The molecule has 0 fully saturated rings. The number of phenols is 1. The molecular weight excluding hydrogens is 166 g/mol. The fraction of sp³-hybridized carbons (Fsp3) is 0.400. The number of phenolic OH excluding ortho intramolecular Hbond substituents is 1. The van der Waals surface area contributed by atoms with E-state index >= 15 is 0 Å². The van der Waals surface area contributed by atoms with E-state index < -0.39 is 6.10 Å². The number of aliphatic hydroxyl groups excluding tert-OH is 1. The molecule has 0 saturated heterocycles. The van der Waals surface area contributed by atoms with Crippen LogP contribution < -0.4 is 5.73 Å². The third kappa shape index (κ3) is 3.05. The summed E-state index contributed by atoms with van der Waals surface area (Å²) in [5, 5.41) is 18.3. The Balaban J connectivity index is 2.64. The van der Waals surface area contributed by atoms with Crippen LogP contribution in [0.15, 0.2) is 24.3 Å². The Labute approximate surface area is 77.8 Å². The van der Waals surface area contributed by atoms with Crippen molar-refractivity contribution in [2.24, 2.45) is 5.73 Å². The average molecular weight is 181 g/mol. The molecule has 0 bridgehead atoms. The van der Waals surface area contributed by atoms with Gasteiger partial charge in [-0.1, -0.05) is 12.1 Å². The van der Waals surface area contributed by atoms with E-state index in [1.54, 1.807) is 25.1 Å². The van der Waals surface area contributed by atoms with Crippen LogP contribution in [0.1, 0.15) is 12.5 Å². The Morgan fingerprint density at radius 3 is 2.69 bits per heavy atom. The molecule has 2 atom stereocenters. The number of hydrogen-bond donors (Lipinski definition) is 3. The van der Waals surface area contributed by atoms with E-state index in [9.17, 15) is 0 Å². The lowest BCUT2D eigenvalue weighted by Gasteiger charge is -2.14. The highest BCUT2D eigenvalue weighted by atomic mass is 16.3. The quantitative estimate of drug-likeness (QED) is 0.641. The molecule has 1 aromatic rings. The molecule has 1 aromatic carbocycles. The first-order valence-electron chi connectivity index (χ1n) is 4.31. The molecule has 0 aliphatic heterocycles. The van der Waals surface area contributed by atoms with Gasteiger partial charge in [-0.2, -0.15) is 0 Å². The molecule has 0 aliphatic rings. The van der Waals surface area contributed by atoms with Crippen LogP contribution in [0, 0.1) is 0 Å². The second-order valence-electron chi connectivity index (χ2n) is 3.28. The van der Waals surface area contributed by atoms with Crippen molar-refractivity contribution in [3.05, 3.63) is 29.8 Å². The summed E-state index contributed by atoms with van der Waals surface area (Å²) in [5.74, 6) is 0.232. The van der Waals surface area contributed by atoms with Crippen LogP contribution in [0.25, 0.3) is 0 Å². The van der Waals surface area contributed by atoms with Crippen LogP contribution in [0.3, 0.4) is 0 Å². The molecule has 3 nitrogen and oxygen atoms in total. The predicted molar refractivity (Wildman–Crippen MR) is 51.5 cm³/mol. The lowest BCUT2D eigenvalue weighted by Crippen LogP contribution is -2.34. The minimum atomic E-state index is -0.526. The largest absolute Gasteiger partial charge is 0.508 e. The highest BCUT2D eigenvalue weighted by molar-refractivity contribution is 5.27. The standard InChI is InChI=1S/C10H15NO2/c1-7(12)10(11)6-8-3-2-4-9(13)5-8/h2-5,7,10,12-13H,6,11H2,1H3. The fourth-order valence-corrected chi connectivity index (χ4v) is 1.13. The molecule has 0 amide bonds. The zero-order chi connectivity index (χ0) is 9.84. The third-order valence-corrected chi connectivity index (χ3v) is 2.00. The Hall–Kier alpha value is -1.06. The molecule has 0 radical (unpaired) electrons. The summed E-state index contributed by atoms with van der Waals surface area (Å²) >= 11 is 0. The van der Waals surface area contributed by atoms with Gasteiger partial charge in [-0.25, -0.2) is 0 Å². The number of nitrogens with two attached hydrogens (primary N) is 1. The van der Waals surface area contributed by atoms with Gasteiger partial charge in [0.1, 0.15) is 5.75 Å². The van der Waals surface area contributed by atoms with Crippen LogP contribution in [-0.4, -0.2) is 22.4 Å². The predicted octanol–water partition coefficient (Wildman–Crippen LogP) is 0.643. The summed E-state index contributed by atoms with van der Waals surface area (Å²) in [5.41, 5.74) is 6.61. The van der Waals surface area contributed by atoms with Crippen molar-refractivity contribution in [1.29, 1.82) is 0 Å². The van der Waals surface area contributed by atoms with Crippen LogP contribution in [-0.2, 0) is 6.42 Å². The van der Waals surface area contributed by atoms with E-state index in [1.165, 1.54) is 0 Å². The van der Waals surface area contributed by atoms with Gasteiger partial charge in [0.25, 0.3) is 0 Å². The van der Waals surface area contributed by atoms with Crippen LogP contribution >= 0.6 is 0 Å². The highest BCUT2D eigenvalue weighted by Crippen LogP contribution is 2.12.